The molecule has 3 heterocycles. The van der Waals surface area contributed by atoms with Crippen molar-refractivity contribution in [3.63, 3.8) is 0 Å². The van der Waals surface area contributed by atoms with E-state index >= 15 is 0 Å². The molecule has 0 aliphatic carbocycles. The monoisotopic (exact) mass is 607 g/mol. The van der Waals surface area contributed by atoms with Crippen LogP contribution in [0.3, 0.4) is 0 Å². The number of hydrogen-bond donors (Lipinski definition) is 0. The number of fused-ring (bicyclic) bond motifs is 3. The lowest BCUT2D eigenvalue weighted by Crippen LogP contribution is -2.66. The van der Waals surface area contributed by atoms with Crippen molar-refractivity contribution in [3.8, 4) is 28.5 Å². The smallest absolute Gasteiger partial charge is 0.216 e. The molecule has 0 spiro atoms. The molecule has 0 amide bonds. The van der Waals surface area contributed by atoms with Gasteiger partial charge in [0.15, 0.2) is 19.9 Å². The highest BCUT2D eigenvalue weighted by Crippen LogP contribution is 2.40. The van der Waals surface area contributed by atoms with Crippen LogP contribution in [0.4, 0.5) is 0 Å². The summed E-state index contributed by atoms with van der Waals surface area (Å²) in [4.78, 5) is 9.85. The van der Waals surface area contributed by atoms with Crippen LogP contribution < -0.4 is 20.4 Å². The van der Waals surface area contributed by atoms with Crippen molar-refractivity contribution in [3.05, 3.63) is 132 Å². The SMILES string of the molecule is [2H]C([2H])([2H])c1cc(-c2c(C)ccc3c2oc2c(C#N)c(-c4cnc([Si](C)(c5ccccc5)c5ccccc5)nc4)ccc23)[n+](C)cc1C([2H])([2H])[2H]. The zero-order valence-electron chi connectivity index (χ0n) is 31.1. The van der Waals surface area contributed by atoms with Crippen molar-refractivity contribution >= 4 is 45.8 Å². The van der Waals surface area contributed by atoms with Crippen LogP contribution >= 0.6 is 0 Å². The van der Waals surface area contributed by atoms with Gasteiger partial charge in [0.05, 0.1) is 5.56 Å². The molecule has 0 saturated carbocycles. The molecule has 0 aliphatic heterocycles. The van der Waals surface area contributed by atoms with E-state index in [2.05, 4.69) is 36.9 Å². The summed E-state index contributed by atoms with van der Waals surface area (Å²) in [6, 6.07) is 32.0. The molecule has 0 saturated heterocycles. The number of nitriles is 1. The van der Waals surface area contributed by atoms with Crippen LogP contribution in [0.2, 0.25) is 6.55 Å². The van der Waals surface area contributed by atoms with Crippen molar-refractivity contribution in [1.82, 2.24) is 9.97 Å². The number of pyridine rings is 1. The quantitative estimate of drug-likeness (QED) is 0.167. The Hall–Kier alpha value is -5.38. The third-order valence-corrected chi connectivity index (χ3v) is 12.9. The molecule has 0 aliphatic rings. The molecule has 4 aromatic carbocycles. The average Bonchev–Trinajstić information content (AvgIpc) is 3.49. The summed E-state index contributed by atoms with van der Waals surface area (Å²) >= 11 is 0. The van der Waals surface area contributed by atoms with Crippen LogP contribution in [-0.4, -0.2) is 18.0 Å². The van der Waals surface area contributed by atoms with Gasteiger partial charge in [-0.05, 0) is 48.2 Å². The fraction of sp³-hybridized carbons (Fsp3) is 0.128. The van der Waals surface area contributed by atoms with Gasteiger partial charge in [0.1, 0.15) is 29.7 Å². The van der Waals surface area contributed by atoms with Crippen molar-refractivity contribution in [1.29, 1.82) is 5.26 Å². The van der Waals surface area contributed by atoms with E-state index in [9.17, 15) is 5.26 Å². The first kappa shape index (κ1) is 22.2. The first-order chi connectivity index (χ1) is 24.2. The molecule has 0 unspecified atom stereocenters. The lowest BCUT2D eigenvalue weighted by molar-refractivity contribution is -0.660. The van der Waals surface area contributed by atoms with E-state index in [0.29, 0.717) is 39.1 Å². The van der Waals surface area contributed by atoms with Gasteiger partial charge >= 0.3 is 0 Å². The van der Waals surface area contributed by atoms with E-state index in [1.807, 2.05) is 67.6 Å². The maximum Gasteiger partial charge on any atom is 0.216 e. The zero-order chi connectivity index (χ0) is 36.3. The van der Waals surface area contributed by atoms with Crippen molar-refractivity contribution < 1.29 is 17.2 Å². The Morgan fingerprint density at radius 3 is 2.04 bits per heavy atom. The molecule has 3 aromatic heterocycles. The number of aromatic nitrogens is 3. The van der Waals surface area contributed by atoms with Crippen LogP contribution in [-0.2, 0) is 7.05 Å². The fourth-order valence-electron chi connectivity index (χ4n) is 6.26. The predicted molar refractivity (Wildman–Crippen MR) is 184 cm³/mol. The van der Waals surface area contributed by atoms with Gasteiger partial charge in [0.25, 0.3) is 0 Å². The number of furan rings is 1. The molecule has 0 atom stereocenters. The van der Waals surface area contributed by atoms with Gasteiger partial charge in [-0.2, -0.15) is 5.26 Å². The van der Waals surface area contributed by atoms with Gasteiger partial charge in [0.2, 0.25) is 5.69 Å². The second kappa shape index (κ2) is 11.0. The van der Waals surface area contributed by atoms with E-state index < -0.39 is 21.8 Å². The van der Waals surface area contributed by atoms with Crippen LogP contribution in [0.5, 0.6) is 0 Å². The maximum atomic E-state index is 10.5. The summed E-state index contributed by atoms with van der Waals surface area (Å²) in [5.41, 5.74) is 4.60. The van der Waals surface area contributed by atoms with E-state index in [1.165, 1.54) is 22.6 Å². The molecule has 45 heavy (non-hydrogen) atoms. The van der Waals surface area contributed by atoms with E-state index in [4.69, 9.17) is 22.6 Å². The highest BCUT2D eigenvalue weighted by Gasteiger charge is 2.37. The molecule has 0 radical (unpaired) electrons. The second-order valence-electron chi connectivity index (χ2n) is 11.5. The Morgan fingerprint density at radius 1 is 0.800 bits per heavy atom. The lowest BCUT2D eigenvalue weighted by atomic mass is 9.97. The van der Waals surface area contributed by atoms with Gasteiger partial charge in [-0.15, -0.1) is 0 Å². The summed E-state index contributed by atoms with van der Waals surface area (Å²) < 4.78 is 56.5. The minimum Gasteiger partial charge on any atom is -0.454 e. The third kappa shape index (κ3) is 4.55. The minimum absolute atomic E-state index is 0.233. The predicted octanol–water partition coefficient (Wildman–Crippen LogP) is 6.43. The van der Waals surface area contributed by atoms with Gasteiger partial charge in [-0.3, -0.25) is 0 Å². The Kier molecular flexibility index (Phi) is 5.40. The third-order valence-electron chi connectivity index (χ3n) is 8.77. The largest absolute Gasteiger partial charge is 0.454 e. The Bertz CT molecular complexity index is 2450. The lowest BCUT2D eigenvalue weighted by Gasteiger charge is -2.27. The number of benzene rings is 4. The van der Waals surface area contributed by atoms with Crippen molar-refractivity contribution in [2.24, 2.45) is 7.05 Å². The molecule has 7 aromatic rings. The van der Waals surface area contributed by atoms with Crippen LogP contribution in [0.15, 0.2) is 114 Å². The molecule has 5 nitrogen and oxygen atoms in total. The Morgan fingerprint density at radius 2 is 1.42 bits per heavy atom. The second-order valence-corrected chi connectivity index (χ2v) is 15.3. The first-order valence-electron chi connectivity index (χ1n) is 17.6. The molecule has 7 rings (SSSR count). The van der Waals surface area contributed by atoms with E-state index in [-0.39, 0.29) is 11.1 Å². The summed E-state index contributed by atoms with van der Waals surface area (Å²) in [5.74, 6) is 0. The number of nitrogens with zero attached hydrogens (tertiary/aromatic N) is 4. The molecule has 0 bridgehead atoms. The summed E-state index contributed by atoms with van der Waals surface area (Å²) in [6.07, 6.45) is 4.89. The molecule has 0 fully saturated rings. The van der Waals surface area contributed by atoms with Crippen molar-refractivity contribution in [2.75, 3.05) is 0 Å². The van der Waals surface area contributed by atoms with Crippen molar-refractivity contribution in [2.45, 2.75) is 27.2 Å². The highest BCUT2D eigenvalue weighted by molar-refractivity contribution is 7.09. The normalized spacial score (nSPS) is 14.2. The Balaban J connectivity index is 1.39. The molecule has 218 valence electrons. The van der Waals surface area contributed by atoms with Gasteiger partial charge < -0.3 is 4.42 Å². The van der Waals surface area contributed by atoms with Crippen LogP contribution in [0.1, 0.15) is 30.5 Å². The van der Waals surface area contributed by atoms with Crippen LogP contribution in [0, 0.1) is 32.0 Å². The van der Waals surface area contributed by atoms with E-state index in [1.54, 1.807) is 24.0 Å². The first-order valence-corrected chi connectivity index (χ1v) is 17.1. The Labute approximate surface area is 272 Å². The van der Waals surface area contributed by atoms with Gasteiger partial charge in [-0.25, -0.2) is 14.5 Å². The van der Waals surface area contributed by atoms with E-state index in [0.717, 1.165) is 21.8 Å². The summed E-state index contributed by atoms with van der Waals surface area (Å²) in [7, 11) is -0.861. The summed E-state index contributed by atoms with van der Waals surface area (Å²) in [6.45, 7) is -1.16. The molecule has 6 heteroatoms. The number of rotatable bonds is 5. The molecule has 0 N–H and O–H groups in total. The topological polar surface area (TPSA) is 66.6 Å². The molecular weight excluding hydrogens is 569 g/mol. The molecular formula is C39H33N4OSi+. The van der Waals surface area contributed by atoms with Gasteiger partial charge in [0, 0.05) is 54.1 Å². The van der Waals surface area contributed by atoms with Crippen LogP contribution in [0.25, 0.3) is 44.3 Å². The van der Waals surface area contributed by atoms with Gasteiger partial charge in [-0.1, -0.05) is 85.4 Å². The maximum absolute atomic E-state index is 10.5. The summed E-state index contributed by atoms with van der Waals surface area (Å²) in [5, 5.41) is 14.4. The standard InChI is InChI=1S/C39H33N4OSi/c1-25-16-17-33-32-19-18-31(34(21-40)37(32)44-38(33)36(25)35-20-26(2)27(3)24-43(35)4)28-22-41-39(42-23-28)45(5,29-12-8-6-9-13-29)30-14-10-7-11-15-30/h6-20,22-24H,1-5H3/q+1/i2D3,3D3. The number of hydrogen-bond acceptors (Lipinski definition) is 4. The highest BCUT2D eigenvalue weighted by atomic mass is 28.3. The average molecular weight is 608 g/mol. The number of aryl methyl sites for hydroxylation is 4. The minimum atomic E-state index is -2.66. The zero-order valence-corrected chi connectivity index (χ0v) is 26.1. The fourth-order valence-corrected chi connectivity index (χ4v) is 9.48.